The summed E-state index contributed by atoms with van der Waals surface area (Å²) >= 11 is 0. The highest BCUT2D eigenvalue weighted by Gasteiger charge is 2.24. The van der Waals surface area contributed by atoms with Gasteiger partial charge < -0.3 is 20.5 Å². The van der Waals surface area contributed by atoms with Crippen LogP contribution in [0.2, 0.25) is 0 Å². The predicted octanol–water partition coefficient (Wildman–Crippen LogP) is 2.94. The first-order valence-electron chi connectivity index (χ1n) is 11.4. The van der Waals surface area contributed by atoms with E-state index in [0.29, 0.717) is 25.7 Å². The quantitative estimate of drug-likeness (QED) is 0.261. The summed E-state index contributed by atoms with van der Waals surface area (Å²) in [6, 6.07) is 8.97. The van der Waals surface area contributed by atoms with Crippen molar-refractivity contribution in [3.05, 3.63) is 61.2 Å². The maximum absolute atomic E-state index is 12.7. The molecule has 7 heteroatoms. The Morgan fingerprint density at radius 3 is 2.33 bits per heavy atom. The molecule has 0 fully saturated rings. The molecule has 0 saturated carbocycles. The second kappa shape index (κ2) is 15.8. The average molecular weight is 459 g/mol. The van der Waals surface area contributed by atoms with E-state index in [1.165, 1.54) is 0 Å². The number of aliphatic hydroxyl groups excluding tert-OH is 1. The summed E-state index contributed by atoms with van der Waals surface area (Å²) < 4.78 is 5.51. The molecule has 0 heterocycles. The highest BCUT2D eigenvalue weighted by Crippen LogP contribution is 2.17. The zero-order chi connectivity index (χ0) is 24.6. The fourth-order valence-corrected chi connectivity index (χ4v) is 3.34. The lowest BCUT2D eigenvalue weighted by Crippen LogP contribution is -2.43. The van der Waals surface area contributed by atoms with Gasteiger partial charge in [0.1, 0.15) is 6.61 Å². The lowest BCUT2D eigenvalue weighted by atomic mass is 9.95. The van der Waals surface area contributed by atoms with Gasteiger partial charge in [-0.05, 0) is 45.1 Å². The van der Waals surface area contributed by atoms with E-state index in [1.54, 1.807) is 26.0 Å². The summed E-state index contributed by atoms with van der Waals surface area (Å²) in [7, 11) is 0. The normalized spacial score (nSPS) is 14.3. The smallest absolute Gasteiger partial charge is 0.309 e. The van der Waals surface area contributed by atoms with E-state index in [0.717, 1.165) is 5.56 Å². The Kier molecular flexibility index (Phi) is 13.5. The molecule has 2 amide bonds. The van der Waals surface area contributed by atoms with Crippen LogP contribution in [0.5, 0.6) is 0 Å². The molecule has 1 aromatic carbocycles. The molecule has 1 aromatic rings. The van der Waals surface area contributed by atoms with E-state index >= 15 is 0 Å². The van der Waals surface area contributed by atoms with E-state index in [9.17, 15) is 14.4 Å². The first-order chi connectivity index (χ1) is 15.8. The van der Waals surface area contributed by atoms with Crippen LogP contribution in [0.4, 0.5) is 0 Å². The Balaban J connectivity index is 2.60. The SMILES string of the molecule is C=CCC[C@H](Cc1ccccc1)C(=O)OC[C@H](C)NC(=O)[C@@H](CC=C)CC(=O)N[C@@H](C)CO. The maximum atomic E-state index is 12.7. The highest BCUT2D eigenvalue weighted by molar-refractivity contribution is 5.86. The second-order valence-electron chi connectivity index (χ2n) is 8.37. The molecule has 3 N–H and O–H groups in total. The standard InChI is InChI=1S/C26H38N2O5/c1-5-7-14-23(15-21-12-9-8-10-13-21)26(32)33-18-20(4)28-25(31)22(11-6-2)16-24(30)27-19(3)17-29/h5-6,8-10,12-13,19-20,22-23,29H,1-2,7,11,14-18H2,3-4H3,(H,27,30)(H,28,31)/t19-,20-,22-,23+/m0/s1. The van der Waals surface area contributed by atoms with Crippen LogP contribution in [0.15, 0.2) is 55.6 Å². The number of esters is 1. The van der Waals surface area contributed by atoms with Gasteiger partial charge >= 0.3 is 5.97 Å². The van der Waals surface area contributed by atoms with Crippen molar-refractivity contribution in [2.75, 3.05) is 13.2 Å². The molecule has 182 valence electrons. The van der Waals surface area contributed by atoms with E-state index in [4.69, 9.17) is 9.84 Å². The number of benzene rings is 1. The first-order valence-corrected chi connectivity index (χ1v) is 11.4. The van der Waals surface area contributed by atoms with E-state index in [-0.39, 0.29) is 49.4 Å². The Labute approximate surface area is 197 Å². The fourth-order valence-electron chi connectivity index (χ4n) is 3.34. The van der Waals surface area contributed by atoms with Crippen LogP contribution >= 0.6 is 0 Å². The van der Waals surface area contributed by atoms with Crippen molar-refractivity contribution in [1.29, 1.82) is 0 Å². The summed E-state index contributed by atoms with van der Waals surface area (Å²) in [5.74, 6) is -1.81. The molecular formula is C26H38N2O5. The summed E-state index contributed by atoms with van der Waals surface area (Å²) in [4.78, 5) is 37.5. The molecule has 0 aliphatic carbocycles. The minimum absolute atomic E-state index is 0.0184. The summed E-state index contributed by atoms with van der Waals surface area (Å²) in [6.07, 6.45) is 5.61. The lowest BCUT2D eigenvalue weighted by Gasteiger charge is -2.21. The minimum Gasteiger partial charge on any atom is -0.463 e. The number of nitrogens with one attached hydrogen (secondary N) is 2. The lowest BCUT2D eigenvalue weighted by molar-refractivity contribution is -0.150. The predicted molar refractivity (Wildman–Crippen MR) is 129 cm³/mol. The highest BCUT2D eigenvalue weighted by atomic mass is 16.5. The third kappa shape index (κ3) is 11.5. The molecule has 0 saturated heterocycles. The largest absolute Gasteiger partial charge is 0.463 e. The van der Waals surface area contributed by atoms with Crippen molar-refractivity contribution >= 4 is 17.8 Å². The van der Waals surface area contributed by atoms with Gasteiger partial charge in [0.2, 0.25) is 11.8 Å². The second-order valence-corrected chi connectivity index (χ2v) is 8.37. The molecule has 0 unspecified atom stereocenters. The number of hydrogen-bond acceptors (Lipinski definition) is 5. The van der Waals surface area contributed by atoms with Gasteiger partial charge in [-0.2, -0.15) is 0 Å². The molecule has 1 rings (SSSR count). The van der Waals surface area contributed by atoms with Crippen molar-refractivity contribution in [1.82, 2.24) is 10.6 Å². The van der Waals surface area contributed by atoms with Crippen LogP contribution in [0.1, 0.15) is 45.1 Å². The van der Waals surface area contributed by atoms with Gasteiger partial charge in [-0.15, -0.1) is 13.2 Å². The maximum Gasteiger partial charge on any atom is 0.309 e. The van der Waals surface area contributed by atoms with Gasteiger partial charge in [0.15, 0.2) is 0 Å². The number of hydrogen-bond donors (Lipinski definition) is 3. The van der Waals surface area contributed by atoms with Crippen LogP contribution in [0.25, 0.3) is 0 Å². The minimum atomic E-state index is -0.593. The third-order valence-electron chi connectivity index (χ3n) is 5.18. The molecule has 7 nitrogen and oxygen atoms in total. The molecule has 4 atom stereocenters. The molecular weight excluding hydrogens is 420 g/mol. The van der Waals surface area contributed by atoms with E-state index in [2.05, 4.69) is 23.8 Å². The number of ether oxygens (including phenoxy) is 1. The van der Waals surface area contributed by atoms with E-state index < -0.39 is 12.0 Å². The summed E-state index contributed by atoms with van der Waals surface area (Å²) in [5, 5.41) is 14.5. The van der Waals surface area contributed by atoms with Gasteiger partial charge in [-0.3, -0.25) is 14.4 Å². The van der Waals surface area contributed by atoms with Crippen LogP contribution in [-0.4, -0.2) is 48.2 Å². The van der Waals surface area contributed by atoms with Gasteiger partial charge in [-0.1, -0.05) is 42.5 Å². The zero-order valence-electron chi connectivity index (χ0n) is 19.8. The number of carbonyl (C=O) groups excluding carboxylic acids is 3. The Hall–Kier alpha value is -2.93. The van der Waals surface area contributed by atoms with Crippen LogP contribution in [0.3, 0.4) is 0 Å². The van der Waals surface area contributed by atoms with Gasteiger partial charge in [0, 0.05) is 12.5 Å². The molecule has 0 aliphatic rings. The van der Waals surface area contributed by atoms with Crippen molar-refractivity contribution in [3.8, 4) is 0 Å². The Morgan fingerprint density at radius 1 is 1.03 bits per heavy atom. The van der Waals surface area contributed by atoms with E-state index in [1.807, 2.05) is 30.3 Å². The number of amides is 2. The Bertz CT molecular complexity index is 765. The fraction of sp³-hybridized carbons (Fsp3) is 0.500. The average Bonchev–Trinajstić information content (AvgIpc) is 2.80. The molecule has 33 heavy (non-hydrogen) atoms. The van der Waals surface area contributed by atoms with Gasteiger partial charge in [-0.25, -0.2) is 0 Å². The number of aliphatic hydroxyl groups is 1. The number of rotatable bonds is 16. The number of carbonyl (C=O) groups is 3. The third-order valence-corrected chi connectivity index (χ3v) is 5.18. The van der Waals surface area contributed by atoms with Crippen molar-refractivity contribution in [3.63, 3.8) is 0 Å². The first kappa shape index (κ1) is 28.1. The Morgan fingerprint density at radius 2 is 1.73 bits per heavy atom. The number of allylic oxidation sites excluding steroid dienone is 2. The molecule has 0 spiro atoms. The summed E-state index contributed by atoms with van der Waals surface area (Å²) in [6.45, 7) is 10.7. The van der Waals surface area contributed by atoms with Crippen LogP contribution in [-0.2, 0) is 25.5 Å². The van der Waals surface area contributed by atoms with Crippen molar-refractivity contribution < 1.29 is 24.2 Å². The van der Waals surface area contributed by atoms with Crippen molar-refractivity contribution in [2.45, 2.75) is 58.0 Å². The van der Waals surface area contributed by atoms with Crippen LogP contribution < -0.4 is 10.6 Å². The van der Waals surface area contributed by atoms with Gasteiger partial charge in [0.05, 0.1) is 24.5 Å². The monoisotopic (exact) mass is 458 g/mol. The molecule has 0 aliphatic heterocycles. The topological polar surface area (TPSA) is 105 Å². The zero-order valence-corrected chi connectivity index (χ0v) is 19.8. The van der Waals surface area contributed by atoms with Crippen molar-refractivity contribution in [2.24, 2.45) is 11.8 Å². The molecule has 0 radical (unpaired) electrons. The molecule has 0 bridgehead atoms. The van der Waals surface area contributed by atoms with Gasteiger partial charge in [0.25, 0.3) is 0 Å². The molecule has 0 aromatic heterocycles. The summed E-state index contributed by atoms with van der Waals surface area (Å²) in [5.41, 5.74) is 1.06. The van der Waals surface area contributed by atoms with Crippen LogP contribution in [0, 0.1) is 11.8 Å².